The van der Waals surface area contributed by atoms with Crippen molar-refractivity contribution in [1.29, 1.82) is 0 Å². The maximum Gasteiger partial charge on any atom is 0.410 e. The smallest absolute Gasteiger partial charge is 0.410 e. The van der Waals surface area contributed by atoms with E-state index in [2.05, 4.69) is 11.6 Å². The Bertz CT molecular complexity index is 662. The highest BCUT2D eigenvalue weighted by atomic mass is 32.2. The summed E-state index contributed by atoms with van der Waals surface area (Å²) in [5.74, 6) is 0. The Labute approximate surface area is 142 Å². The SMILES string of the molecule is C=CCOC(=O)N1CC(OS(C)(=O)=O)CC1CCc1ccccn1. The molecule has 0 bridgehead atoms. The van der Waals surface area contributed by atoms with Gasteiger partial charge in [-0.15, -0.1) is 0 Å². The van der Waals surface area contributed by atoms with Crippen LogP contribution >= 0.6 is 0 Å². The quantitative estimate of drug-likeness (QED) is 0.548. The molecule has 0 aliphatic carbocycles. The second-order valence-electron chi connectivity index (χ2n) is 5.69. The molecular weight excluding hydrogens is 332 g/mol. The molecule has 0 aromatic carbocycles. The minimum atomic E-state index is -3.57. The Morgan fingerprint density at radius 3 is 2.92 bits per heavy atom. The molecule has 1 aromatic rings. The molecule has 0 saturated carbocycles. The number of ether oxygens (including phenoxy) is 1. The minimum absolute atomic E-state index is 0.111. The van der Waals surface area contributed by atoms with Crippen molar-refractivity contribution in [1.82, 2.24) is 9.88 Å². The highest BCUT2D eigenvalue weighted by molar-refractivity contribution is 7.86. The zero-order chi connectivity index (χ0) is 17.6. The molecule has 1 fully saturated rings. The lowest BCUT2D eigenvalue weighted by Crippen LogP contribution is -2.37. The van der Waals surface area contributed by atoms with Crippen LogP contribution in [0.2, 0.25) is 0 Å². The van der Waals surface area contributed by atoms with Crippen molar-refractivity contribution in [3.05, 3.63) is 42.7 Å². The molecule has 0 N–H and O–H groups in total. The Morgan fingerprint density at radius 2 is 2.29 bits per heavy atom. The zero-order valence-electron chi connectivity index (χ0n) is 13.6. The Kier molecular flexibility index (Phi) is 6.33. The first kappa shape index (κ1) is 18.4. The first-order valence-electron chi connectivity index (χ1n) is 7.71. The maximum atomic E-state index is 12.2. The van der Waals surface area contributed by atoms with Crippen molar-refractivity contribution in [2.24, 2.45) is 0 Å². The molecule has 1 amide bonds. The van der Waals surface area contributed by atoms with Crippen LogP contribution in [0.3, 0.4) is 0 Å². The van der Waals surface area contributed by atoms with Gasteiger partial charge in [-0.3, -0.25) is 9.17 Å². The normalized spacial score (nSPS) is 20.8. The van der Waals surface area contributed by atoms with E-state index < -0.39 is 22.3 Å². The molecule has 2 rings (SSSR count). The first-order valence-corrected chi connectivity index (χ1v) is 9.53. The Balaban J connectivity index is 2.02. The molecule has 1 aliphatic rings. The molecule has 2 atom stereocenters. The second-order valence-corrected chi connectivity index (χ2v) is 7.29. The summed E-state index contributed by atoms with van der Waals surface area (Å²) in [4.78, 5) is 18.0. The number of hydrogen-bond acceptors (Lipinski definition) is 6. The van der Waals surface area contributed by atoms with Gasteiger partial charge in [-0.25, -0.2) is 4.79 Å². The molecule has 8 heteroatoms. The van der Waals surface area contributed by atoms with Crippen molar-refractivity contribution >= 4 is 16.2 Å². The van der Waals surface area contributed by atoms with E-state index in [9.17, 15) is 13.2 Å². The highest BCUT2D eigenvalue weighted by Crippen LogP contribution is 2.25. The summed E-state index contributed by atoms with van der Waals surface area (Å²) in [6.07, 6.45) is 4.96. The van der Waals surface area contributed by atoms with Gasteiger partial charge in [0.1, 0.15) is 6.61 Å². The van der Waals surface area contributed by atoms with Crippen LogP contribution in [0.5, 0.6) is 0 Å². The van der Waals surface area contributed by atoms with Gasteiger partial charge < -0.3 is 9.64 Å². The number of carbonyl (C=O) groups excluding carboxylic acids is 1. The highest BCUT2D eigenvalue weighted by Gasteiger charge is 2.38. The number of pyridine rings is 1. The molecule has 2 heterocycles. The molecule has 0 spiro atoms. The van der Waals surface area contributed by atoms with E-state index in [-0.39, 0.29) is 19.2 Å². The van der Waals surface area contributed by atoms with E-state index in [4.69, 9.17) is 8.92 Å². The number of hydrogen-bond donors (Lipinski definition) is 0. The van der Waals surface area contributed by atoms with Crippen LogP contribution in [-0.2, 0) is 25.5 Å². The van der Waals surface area contributed by atoms with Gasteiger partial charge in [0.25, 0.3) is 10.1 Å². The van der Waals surface area contributed by atoms with Gasteiger partial charge >= 0.3 is 6.09 Å². The molecular formula is C16H22N2O5S. The first-order chi connectivity index (χ1) is 11.4. The van der Waals surface area contributed by atoms with Crippen molar-refractivity contribution in [3.8, 4) is 0 Å². The predicted molar refractivity (Wildman–Crippen MR) is 88.9 cm³/mol. The fourth-order valence-corrected chi connectivity index (χ4v) is 3.40. The summed E-state index contributed by atoms with van der Waals surface area (Å²) in [5.41, 5.74) is 0.921. The van der Waals surface area contributed by atoms with E-state index >= 15 is 0 Å². The minimum Gasteiger partial charge on any atom is -0.445 e. The van der Waals surface area contributed by atoms with Gasteiger partial charge in [-0.1, -0.05) is 18.7 Å². The number of aryl methyl sites for hydroxylation is 1. The number of aromatic nitrogens is 1. The Hall–Kier alpha value is -1.93. The largest absolute Gasteiger partial charge is 0.445 e. The number of likely N-dealkylation sites (tertiary alicyclic amines) is 1. The van der Waals surface area contributed by atoms with Crippen LogP contribution in [0.1, 0.15) is 18.5 Å². The van der Waals surface area contributed by atoms with E-state index in [1.165, 1.54) is 11.0 Å². The van der Waals surface area contributed by atoms with Crippen LogP contribution in [0.15, 0.2) is 37.1 Å². The summed E-state index contributed by atoms with van der Waals surface area (Å²) in [6, 6.07) is 5.51. The summed E-state index contributed by atoms with van der Waals surface area (Å²) >= 11 is 0. The third kappa shape index (κ3) is 5.61. The van der Waals surface area contributed by atoms with Gasteiger partial charge in [0, 0.05) is 17.9 Å². The van der Waals surface area contributed by atoms with E-state index in [1.54, 1.807) is 6.20 Å². The van der Waals surface area contributed by atoms with Crippen molar-refractivity contribution in [3.63, 3.8) is 0 Å². The summed E-state index contributed by atoms with van der Waals surface area (Å²) in [6.45, 7) is 3.81. The Morgan fingerprint density at radius 1 is 1.50 bits per heavy atom. The number of amides is 1. The zero-order valence-corrected chi connectivity index (χ0v) is 14.4. The molecule has 1 saturated heterocycles. The molecule has 0 radical (unpaired) electrons. The summed E-state index contributed by atoms with van der Waals surface area (Å²) in [7, 11) is -3.57. The van der Waals surface area contributed by atoms with Crippen molar-refractivity contribution in [2.45, 2.75) is 31.4 Å². The van der Waals surface area contributed by atoms with Gasteiger partial charge in [0.2, 0.25) is 0 Å². The molecule has 7 nitrogen and oxygen atoms in total. The van der Waals surface area contributed by atoms with E-state index in [0.717, 1.165) is 11.9 Å². The van der Waals surface area contributed by atoms with Crippen LogP contribution in [0, 0.1) is 0 Å². The maximum absolute atomic E-state index is 12.2. The topological polar surface area (TPSA) is 85.8 Å². The summed E-state index contributed by atoms with van der Waals surface area (Å²) < 4.78 is 32.8. The number of nitrogens with zero attached hydrogens (tertiary/aromatic N) is 2. The average Bonchev–Trinajstić information content (AvgIpc) is 2.92. The molecule has 132 valence electrons. The lowest BCUT2D eigenvalue weighted by atomic mass is 10.1. The number of rotatable bonds is 7. The van der Waals surface area contributed by atoms with E-state index in [1.807, 2.05) is 18.2 Å². The lowest BCUT2D eigenvalue weighted by molar-refractivity contribution is 0.103. The molecule has 1 aliphatic heterocycles. The molecule has 24 heavy (non-hydrogen) atoms. The monoisotopic (exact) mass is 354 g/mol. The fraction of sp³-hybridized carbons (Fsp3) is 0.500. The molecule has 2 unspecified atom stereocenters. The van der Waals surface area contributed by atoms with Crippen molar-refractivity contribution < 1.29 is 22.1 Å². The van der Waals surface area contributed by atoms with Gasteiger partial charge in [-0.2, -0.15) is 8.42 Å². The van der Waals surface area contributed by atoms with Gasteiger partial charge in [0.15, 0.2) is 0 Å². The summed E-state index contributed by atoms with van der Waals surface area (Å²) in [5, 5.41) is 0. The van der Waals surface area contributed by atoms with Gasteiger partial charge in [-0.05, 0) is 31.4 Å². The predicted octanol–water partition coefficient (Wildman–Crippen LogP) is 1.76. The third-order valence-electron chi connectivity index (χ3n) is 3.71. The third-order valence-corrected chi connectivity index (χ3v) is 4.33. The van der Waals surface area contributed by atoms with Crippen LogP contribution in [-0.4, -0.2) is 55.9 Å². The standard InChI is InChI=1S/C16H22N2O5S/c1-3-10-22-16(19)18-12-15(23-24(2,20)21)11-14(18)8-7-13-6-4-5-9-17-13/h3-6,9,14-15H,1,7-8,10-12H2,2H3. The number of carbonyl (C=O) groups is 1. The molecule has 1 aromatic heterocycles. The second kappa shape index (κ2) is 8.25. The van der Waals surface area contributed by atoms with E-state index in [0.29, 0.717) is 19.3 Å². The van der Waals surface area contributed by atoms with Gasteiger partial charge in [0.05, 0.1) is 18.9 Å². The van der Waals surface area contributed by atoms with Crippen LogP contribution in [0.25, 0.3) is 0 Å². The average molecular weight is 354 g/mol. The van der Waals surface area contributed by atoms with Crippen LogP contribution in [0.4, 0.5) is 4.79 Å². The van der Waals surface area contributed by atoms with Crippen LogP contribution < -0.4 is 0 Å². The fourth-order valence-electron chi connectivity index (χ4n) is 2.76. The lowest BCUT2D eigenvalue weighted by Gasteiger charge is -2.23. The van der Waals surface area contributed by atoms with Crippen molar-refractivity contribution in [2.75, 3.05) is 19.4 Å².